The maximum atomic E-state index is 8.77. The molecule has 0 radical (unpaired) electrons. The molecule has 3 aromatic rings. The van der Waals surface area contributed by atoms with E-state index in [4.69, 9.17) is 27.2 Å². The summed E-state index contributed by atoms with van der Waals surface area (Å²) >= 11 is 6.32. The molecule has 0 fully saturated rings. The number of aliphatic hydroxyl groups excluding tert-OH is 1. The second kappa shape index (κ2) is 14.5. The summed E-state index contributed by atoms with van der Waals surface area (Å²) in [6, 6.07) is 14.7. The van der Waals surface area contributed by atoms with Crippen molar-refractivity contribution in [3.63, 3.8) is 0 Å². The van der Waals surface area contributed by atoms with Crippen molar-refractivity contribution in [1.82, 2.24) is 10.3 Å². The van der Waals surface area contributed by atoms with Gasteiger partial charge in [-0.15, -0.1) is 0 Å². The van der Waals surface area contributed by atoms with Crippen molar-refractivity contribution in [1.29, 1.82) is 0 Å². The third-order valence-corrected chi connectivity index (χ3v) is 6.67. The minimum Gasteiger partial charge on any atom is -0.494 e. The topological polar surface area (TPSA) is 83.3 Å². The number of aromatic amines is 1. The van der Waals surface area contributed by atoms with E-state index in [-0.39, 0.29) is 12.5 Å². The van der Waals surface area contributed by atoms with Crippen LogP contribution in [0.2, 0.25) is 5.02 Å². The van der Waals surface area contributed by atoms with Crippen molar-refractivity contribution >= 4 is 22.5 Å². The largest absolute Gasteiger partial charge is 0.494 e. The van der Waals surface area contributed by atoms with Crippen LogP contribution in [0.5, 0.6) is 5.75 Å². The molecule has 0 spiro atoms. The Morgan fingerprint density at radius 1 is 1.03 bits per heavy atom. The van der Waals surface area contributed by atoms with Gasteiger partial charge in [-0.05, 0) is 86.1 Å². The molecule has 0 aliphatic heterocycles. The van der Waals surface area contributed by atoms with E-state index in [9.17, 15) is 0 Å². The quantitative estimate of drug-likeness (QED) is 0.181. The van der Waals surface area contributed by atoms with Gasteiger partial charge in [0.15, 0.2) is 0 Å². The van der Waals surface area contributed by atoms with Crippen LogP contribution in [-0.4, -0.2) is 42.9 Å². The normalized spacial score (nSPS) is 12.5. The Kier molecular flexibility index (Phi) is 11.4. The molecule has 1 aromatic heterocycles. The zero-order valence-corrected chi connectivity index (χ0v) is 22.0. The number of rotatable bonds is 16. The Bertz CT molecular complexity index is 1020. The molecule has 35 heavy (non-hydrogen) atoms. The second-order valence-corrected chi connectivity index (χ2v) is 10.2. The van der Waals surface area contributed by atoms with Gasteiger partial charge in [-0.25, -0.2) is 0 Å². The van der Waals surface area contributed by atoms with Crippen molar-refractivity contribution in [3.05, 3.63) is 64.3 Å². The number of nitrogens with two attached hydrogens (primary N) is 1. The lowest BCUT2D eigenvalue weighted by atomic mass is 9.85. The first-order chi connectivity index (χ1) is 17.0. The third-order valence-electron chi connectivity index (χ3n) is 6.44. The minimum atomic E-state index is 0.205. The van der Waals surface area contributed by atoms with Crippen molar-refractivity contribution < 1.29 is 9.84 Å². The van der Waals surface area contributed by atoms with Gasteiger partial charge in [-0.3, -0.25) is 0 Å². The Labute approximate surface area is 215 Å². The number of unbranched alkanes of at least 4 members (excludes halogenated alkanes) is 3. The molecule has 0 bridgehead atoms. The standard InChI is InChI=1S/C29H42ClN3O2/c1-21(2)19-26(29-25(13-14-31)27-20-23(30)9-12-28(27)33-29)22-7-10-24(11-8-22)35-18-6-4-3-5-15-32-16-17-34/h7-12,20-21,26,32-34H,3-6,13-19,31H2,1-2H3. The summed E-state index contributed by atoms with van der Waals surface area (Å²) in [5.41, 5.74) is 10.9. The van der Waals surface area contributed by atoms with E-state index in [1.807, 2.05) is 6.07 Å². The second-order valence-electron chi connectivity index (χ2n) is 9.73. The molecule has 1 atom stereocenters. The van der Waals surface area contributed by atoms with E-state index in [0.29, 0.717) is 19.0 Å². The van der Waals surface area contributed by atoms with Crippen molar-refractivity contribution in [3.8, 4) is 5.75 Å². The number of benzene rings is 2. The van der Waals surface area contributed by atoms with Crippen LogP contribution in [0.25, 0.3) is 10.9 Å². The van der Waals surface area contributed by atoms with Gasteiger partial charge >= 0.3 is 0 Å². The van der Waals surface area contributed by atoms with Crippen LogP contribution >= 0.6 is 11.6 Å². The fourth-order valence-corrected chi connectivity index (χ4v) is 4.91. The highest BCUT2D eigenvalue weighted by Gasteiger charge is 2.23. The maximum Gasteiger partial charge on any atom is 0.119 e. The average Bonchev–Trinajstić information content (AvgIpc) is 3.19. The summed E-state index contributed by atoms with van der Waals surface area (Å²) in [4.78, 5) is 3.70. The molecule has 2 aromatic carbocycles. The van der Waals surface area contributed by atoms with Crippen molar-refractivity contribution in [2.45, 2.75) is 58.3 Å². The van der Waals surface area contributed by atoms with Gasteiger partial charge in [0.2, 0.25) is 0 Å². The summed E-state index contributed by atoms with van der Waals surface area (Å²) in [7, 11) is 0. The van der Waals surface area contributed by atoms with Gasteiger partial charge in [-0.1, -0.05) is 50.4 Å². The lowest BCUT2D eigenvalue weighted by molar-refractivity contribution is 0.290. The number of aromatic nitrogens is 1. The molecule has 0 amide bonds. The number of aliphatic hydroxyl groups is 1. The molecule has 0 saturated carbocycles. The Morgan fingerprint density at radius 3 is 2.51 bits per heavy atom. The summed E-state index contributed by atoms with van der Waals surface area (Å²) in [6.45, 7) is 7.74. The first-order valence-electron chi connectivity index (χ1n) is 13.1. The fraction of sp³-hybridized carbons (Fsp3) is 0.517. The van der Waals surface area contributed by atoms with Crippen LogP contribution in [0.1, 0.15) is 68.7 Å². The lowest BCUT2D eigenvalue weighted by Crippen LogP contribution is -2.19. The van der Waals surface area contributed by atoms with Crippen LogP contribution in [0.3, 0.4) is 0 Å². The molecule has 0 saturated heterocycles. The summed E-state index contributed by atoms with van der Waals surface area (Å²) in [5.74, 6) is 1.74. The number of hydrogen-bond acceptors (Lipinski definition) is 4. The van der Waals surface area contributed by atoms with E-state index in [1.54, 1.807) is 0 Å². The minimum absolute atomic E-state index is 0.205. The van der Waals surface area contributed by atoms with E-state index in [1.165, 1.54) is 28.6 Å². The van der Waals surface area contributed by atoms with Gasteiger partial charge in [-0.2, -0.15) is 0 Å². The van der Waals surface area contributed by atoms with E-state index >= 15 is 0 Å². The summed E-state index contributed by atoms with van der Waals surface area (Å²) in [5, 5.41) is 13.9. The average molecular weight is 500 g/mol. The van der Waals surface area contributed by atoms with Gasteiger partial charge in [0.05, 0.1) is 13.2 Å². The van der Waals surface area contributed by atoms with E-state index in [0.717, 1.165) is 61.5 Å². The van der Waals surface area contributed by atoms with E-state index < -0.39 is 0 Å². The van der Waals surface area contributed by atoms with Gasteiger partial charge in [0.25, 0.3) is 0 Å². The van der Waals surface area contributed by atoms with Crippen LogP contribution in [0, 0.1) is 5.92 Å². The van der Waals surface area contributed by atoms with Gasteiger partial charge in [0.1, 0.15) is 5.75 Å². The van der Waals surface area contributed by atoms with Crippen LogP contribution < -0.4 is 15.8 Å². The summed E-state index contributed by atoms with van der Waals surface area (Å²) < 4.78 is 6.01. The van der Waals surface area contributed by atoms with Crippen LogP contribution in [0.15, 0.2) is 42.5 Å². The molecule has 0 aliphatic carbocycles. The number of ether oxygens (including phenoxy) is 1. The van der Waals surface area contributed by atoms with E-state index in [2.05, 4.69) is 60.5 Å². The molecule has 3 rings (SSSR count). The number of fused-ring (bicyclic) bond motifs is 1. The number of nitrogens with one attached hydrogen (secondary N) is 2. The fourth-order valence-electron chi connectivity index (χ4n) is 4.74. The van der Waals surface area contributed by atoms with Gasteiger partial charge < -0.3 is 25.9 Å². The molecular weight excluding hydrogens is 458 g/mol. The lowest BCUT2D eigenvalue weighted by Gasteiger charge is -2.21. The molecule has 1 heterocycles. The smallest absolute Gasteiger partial charge is 0.119 e. The van der Waals surface area contributed by atoms with Gasteiger partial charge in [0, 0.05) is 34.1 Å². The zero-order chi connectivity index (χ0) is 25.0. The summed E-state index contributed by atoms with van der Waals surface area (Å²) in [6.07, 6.45) is 6.40. The molecule has 5 N–H and O–H groups in total. The molecule has 192 valence electrons. The molecular formula is C29H42ClN3O2. The SMILES string of the molecule is CC(C)CC(c1ccc(OCCCCCCNCCO)cc1)c1[nH]c2ccc(Cl)cc2c1CCN. The number of H-pyrrole nitrogens is 1. The maximum absolute atomic E-state index is 8.77. The predicted octanol–water partition coefficient (Wildman–Crippen LogP) is 6.02. The third kappa shape index (κ3) is 8.25. The highest BCUT2D eigenvalue weighted by Crippen LogP contribution is 2.37. The number of halogens is 1. The highest BCUT2D eigenvalue weighted by atomic mass is 35.5. The molecule has 1 unspecified atom stereocenters. The molecule has 0 aliphatic rings. The van der Waals surface area contributed by atoms with Crippen molar-refractivity contribution in [2.24, 2.45) is 11.7 Å². The predicted molar refractivity (Wildman–Crippen MR) is 148 cm³/mol. The first kappa shape index (κ1) is 27.5. The van der Waals surface area contributed by atoms with Crippen LogP contribution in [-0.2, 0) is 6.42 Å². The van der Waals surface area contributed by atoms with Crippen LogP contribution in [0.4, 0.5) is 0 Å². The first-order valence-corrected chi connectivity index (χ1v) is 13.5. The Balaban J connectivity index is 1.66. The van der Waals surface area contributed by atoms with Crippen molar-refractivity contribution in [2.75, 3.05) is 32.8 Å². The Morgan fingerprint density at radius 2 is 1.80 bits per heavy atom. The zero-order valence-electron chi connectivity index (χ0n) is 21.3. The molecule has 5 nitrogen and oxygen atoms in total. The monoisotopic (exact) mass is 499 g/mol. The number of hydrogen-bond donors (Lipinski definition) is 4. The molecule has 6 heteroatoms. The highest BCUT2D eigenvalue weighted by molar-refractivity contribution is 6.31. The Hall–Kier alpha value is -2.05.